The summed E-state index contributed by atoms with van der Waals surface area (Å²) < 4.78 is 25.5. The number of halogens is 1. The molecule has 1 fully saturated rings. The summed E-state index contributed by atoms with van der Waals surface area (Å²) in [6.45, 7) is 2.07. The first-order valence-corrected chi connectivity index (χ1v) is 11.6. The lowest BCUT2D eigenvalue weighted by atomic mass is 10.0. The zero-order valence-electron chi connectivity index (χ0n) is 17.4. The number of thioether (sulfide) groups is 1. The van der Waals surface area contributed by atoms with Crippen LogP contribution < -0.4 is 10.1 Å². The summed E-state index contributed by atoms with van der Waals surface area (Å²) >= 11 is 1.76. The molecule has 0 radical (unpaired) electrons. The van der Waals surface area contributed by atoms with E-state index in [0.29, 0.717) is 35.6 Å². The van der Waals surface area contributed by atoms with Gasteiger partial charge in [-0.2, -0.15) is 16.7 Å². The summed E-state index contributed by atoms with van der Waals surface area (Å²) in [7, 11) is 0. The fourth-order valence-electron chi connectivity index (χ4n) is 3.44. The van der Waals surface area contributed by atoms with E-state index in [4.69, 9.17) is 9.47 Å². The number of nitrogens with one attached hydrogen (secondary N) is 1. The SMILES string of the molecule is CSCc1cccc(Nc2ncnc(-c3cc(F)ccc3OCC3CCOCC3)n2)c1. The van der Waals surface area contributed by atoms with E-state index in [2.05, 4.69) is 38.7 Å². The molecule has 0 bridgehead atoms. The summed E-state index contributed by atoms with van der Waals surface area (Å²) in [4.78, 5) is 13.0. The molecule has 3 aromatic rings. The van der Waals surface area contributed by atoms with Crippen molar-refractivity contribution in [2.75, 3.05) is 31.4 Å². The molecule has 0 aliphatic carbocycles. The Kier molecular flexibility index (Phi) is 7.32. The Morgan fingerprint density at radius 2 is 2.03 bits per heavy atom. The molecule has 8 heteroatoms. The van der Waals surface area contributed by atoms with E-state index in [1.54, 1.807) is 17.8 Å². The molecule has 6 nitrogen and oxygen atoms in total. The fourth-order valence-corrected chi connectivity index (χ4v) is 3.96. The molecule has 0 unspecified atom stereocenters. The Bertz CT molecular complexity index is 1010. The van der Waals surface area contributed by atoms with E-state index in [1.165, 1.54) is 24.0 Å². The van der Waals surface area contributed by atoms with Crippen LogP contribution in [-0.2, 0) is 10.5 Å². The van der Waals surface area contributed by atoms with E-state index in [1.807, 2.05) is 12.1 Å². The first-order valence-electron chi connectivity index (χ1n) is 10.3. The zero-order chi connectivity index (χ0) is 21.5. The van der Waals surface area contributed by atoms with Gasteiger partial charge in [0.1, 0.15) is 17.9 Å². The van der Waals surface area contributed by atoms with E-state index >= 15 is 0 Å². The molecular weight excluding hydrogens is 415 g/mol. The molecule has 1 saturated heterocycles. The van der Waals surface area contributed by atoms with Gasteiger partial charge >= 0.3 is 0 Å². The maximum absolute atomic E-state index is 14.0. The molecule has 1 aromatic heterocycles. The number of hydrogen-bond acceptors (Lipinski definition) is 7. The van der Waals surface area contributed by atoms with Crippen molar-refractivity contribution in [1.82, 2.24) is 15.0 Å². The van der Waals surface area contributed by atoms with Gasteiger partial charge in [-0.05, 0) is 60.9 Å². The standard InChI is InChI=1S/C23H25FN4O2S/c1-31-14-17-3-2-4-19(11-17)27-23-26-15-25-22(28-23)20-12-18(24)5-6-21(20)30-13-16-7-9-29-10-8-16/h2-6,11-12,15-16H,7-10,13-14H2,1H3,(H,25,26,27,28). The lowest BCUT2D eigenvalue weighted by molar-refractivity contribution is 0.0498. The average Bonchev–Trinajstić information content (AvgIpc) is 2.80. The second kappa shape index (κ2) is 10.5. The fraction of sp³-hybridized carbons (Fsp3) is 0.348. The number of benzene rings is 2. The third-order valence-corrected chi connectivity index (χ3v) is 5.69. The van der Waals surface area contributed by atoms with Crippen LogP contribution in [0, 0.1) is 11.7 Å². The van der Waals surface area contributed by atoms with Crippen molar-refractivity contribution in [3.63, 3.8) is 0 Å². The number of nitrogens with zero attached hydrogens (tertiary/aromatic N) is 3. The largest absolute Gasteiger partial charge is 0.493 e. The van der Waals surface area contributed by atoms with Gasteiger partial charge < -0.3 is 14.8 Å². The van der Waals surface area contributed by atoms with Gasteiger partial charge in [0.15, 0.2) is 5.82 Å². The summed E-state index contributed by atoms with van der Waals surface area (Å²) in [6.07, 6.45) is 5.42. The molecule has 2 aromatic carbocycles. The van der Waals surface area contributed by atoms with E-state index in [0.717, 1.165) is 37.5 Å². The van der Waals surface area contributed by atoms with Crippen molar-refractivity contribution >= 4 is 23.4 Å². The first-order chi connectivity index (χ1) is 15.2. The van der Waals surface area contributed by atoms with Gasteiger partial charge in [-0.3, -0.25) is 0 Å². The third-order valence-electron chi connectivity index (χ3n) is 5.06. The van der Waals surface area contributed by atoms with Gasteiger partial charge in [-0.25, -0.2) is 14.4 Å². The van der Waals surface area contributed by atoms with Crippen molar-refractivity contribution in [3.05, 3.63) is 60.2 Å². The molecule has 162 valence electrons. The first kappa shape index (κ1) is 21.5. The van der Waals surface area contributed by atoms with Gasteiger partial charge in [0, 0.05) is 24.7 Å². The minimum absolute atomic E-state index is 0.360. The van der Waals surface area contributed by atoms with Crippen molar-refractivity contribution in [2.24, 2.45) is 5.92 Å². The highest BCUT2D eigenvalue weighted by atomic mass is 32.2. The van der Waals surface area contributed by atoms with Crippen LogP contribution in [0.3, 0.4) is 0 Å². The van der Waals surface area contributed by atoms with E-state index in [9.17, 15) is 4.39 Å². The molecule has 0 amide bonds. The number of ether oxygens (including phenoxy) is 2. The predicted octanol–water partition coefficient (Wildman–Crippen LogP) is 5.09. The molecule has 0 atom stereocenters. The van der Waals surface area contributed by atoms with Crippen LogP contribution in [-0.4, -0.2) is 41.0 Å². The van der Waals surface area contributed by atoms with Gasteiger partial charge in [-0.1, -0.05) is 12.1 Å². The number of hydrogen-bond donors (Lipinski definition) is 1. The Labute approximate surface area is 185 Å². The van der Waals surface area contributed by atoms with E-state index in [-0.39, 0.29) is 5.82 Å². The Morgan fingerprint density at radius 1 is 1.16 bits per heavy atom. The summed E-state index contributed by atoms with van der Waals surface area (Å²) in [6, 6.07) is 12.5. The second-order valence-corrected chi connectivity index (χ2v) is 8.26. The normalized spacial score (nSPS) is 14.4. The monoisotopic (exact) mass is 440 g/mol. The Balaban J connectivity index is 1.54. The maximum atomic E-state index is 14.0. The summed E-state index contributed by atoms with van der Waals surface area (Å²) in [5, 5.41) is 3.21. The Hall–Kier alpha value is -2.71. The number of aromatic nitrogens is 3. The Morgan fingerprint density at radius 3 is 2.87 bits per heavy atom. The van der Waals surface area contributed by atoms with Crippen molar-refractivity contribution < 1.29 is 13.9 Å². The molecule has 1 N–H and O–H groups in total. The van der Waals surface area contributed by atoms with Crippen molar-refractivity contribution in [1.29, 1.82) is 0 Å². The van der Waals surface area contributed by atoms with Crippen LogP contribution in [0.1, 0.15) is 18.4 Å². The quantitative estimate of drug-likeness (QED) is 0.523. The molecule has 31 heavy (non-hydrogen) atoms. The van der Waals surface area contributed by atoms with Crippen molar-refractivity contribution in [2.45, 2.75) is 18.6 Å². The highest BCUT2D eigenvalue weighted by Gasteiger charge is 2.17. The van der Waals surface area contributed by atoms with Crippen LogP contribution in [0.2, 0.25) is 0 Å². The summed E-state index contributed by atoms with van der Waals surface area (Å²) in [5.41, 5.74) is 2.60. The second-order valence-electron chi connectivity index (χ2n) is 7.40. The minimum atomic E-state index is -0.367. The van der Waals surface area contributed by atoms with Crippen LogP contribution in [0.5, 0.6) is 5.75 Å². The zero-order valence-corrected chi connectivity index (χ0v) is 18.2. The molecule has 1 aliphatic heterocycles. The molecule has 1 aliphatic rings. The molecular formula is C23H25FN4O2S. The predicted molar refractivity (Wildman–Crippen MR) is 121 cm³/mol. The molecule has 0 spiro atoms. The topological polar surface area (TPSA) is 69.2 Å². The summed E-state index contributed by atoms with van der Waals surface area (Å²) in [5.74, 6) is 2.30. The highest BCUT2D eigenvalue weighted by molar-refractivity contribution is 7.97. The van der Waals surface area contributed by atoms with Gasteiger partial charge in [-0.15, -0.1) is 0 Å². The van der Waals surface area contributed by atoms with Crippen LogP contribution in [0.15, 0.2) is 48.8 Å². The molecule has 2 heterocycles. The minimum Gasteiger partial charge on any atom is -0.493 e. The molecule has 0 saturated carbocycles. The van der Waals surface area contributed by atoms with Gasteiger partial charge in [0.05, 0.1) is 12.2 Å². The number of anilines is 2. The average molecular weight is 441 g/mol. The highest BCUT2D eigenvalue weighted by Crippen LogP contribution is 2.30. The van der Waals surface area contributed by atoms with Crippen LogP contribution >= 0.6 is 11.8 Å². The smallest absolute Gasteiger partial charge is 0.230 e. The van der Waals surface area contributed by atoms with Crippen LogP contribution in [0.4, 0.5) is 16.0 Å². The molecule has 4 rings (SSSR count). The third kappa shape index (κ3) is 5.92. The van der Waals surface area contributed by atoms with E-state index < -0.39 is 0 Å². The lowest BCUT2D eigenvalue weighted by Gasteiger charge is -2.22. The lowest BCUT2D eigenvalue weighted by Crippen LogP contribution is -2.21. The van der Waals surface area contributed by atoms with Gasteiger partial charge in [0.2, 0.25) is 5.95 Å². The maximum Gasteiger partial charge on any atom is 0.230 e. The van der Waals surface area contributed by atoms with Gasteiger partial charge in [0.25, 0.3) is 0 Å². The van der Waals surface area contributed by atoms with Crippen molar-refractivity contribution in [3.8, 4) is 17.1 Å². The number of rotatable bonds is 8. The van der Waals surface area contributed by atoms with Crippen LogP contribution in [0.25, 0.3) is 11.4 Å².